The van der Waals surface area contributed by atoms with Crippen molar-refractivity contribution in [3.8, 4) is 0 Å². The van der Waals surface area contributed by atoms with Gasteiger partial charge in [0.2, 0.25) is 29.5 Å². The minimum atomic E-state index is -2.39. The number of hydrogen-bond acceptors (Lipinski definition) is 9. The van der Waals surface area contributed by atoms with Crippen molar-refractivity contribution in [2.24, 2.45) is 23.7 Å². The summed E-state index contributed by atoms with van der Waals surface area (Å²) in [6.07, 6.45) is 1.03. The molecule has 2 rings (SSSR count). The zero-order chi connectivity index (χ0) is 44.8. The Morgan fingerprint density at radius 1 is 0.898 bits per heavy atom. The highest BCUT2D eigenvalue weighted by atomic mass is 28.4. The van der Waals surface area contributed by atoms with Crippen LogP contribution in [0.15, 0.2) is 30.3 Å². The van der Waals surface area contributed by atoms with Crippen molar-refractivity contribution in [1.82, 2.24) is 30.7 Å². The molecule has 1 fully saturated rings. The van der Waals surface area contributed by atoms with E-state index in [2.05, 4.69) is 16.0 Å². The highest BCUT2D eigenvalue weighted by Crippen LogP contribution is 2.30. The van der Waals surface area contributed by atoms with Crippen LogP contribution in [0.4, 0.5) is 0 Å². The summed E-state index contributed by atoms with van der Waals surface area (Å²) >= 11 is 0. The maximum Gasteiger partial charge on any atom is 0.245 e. The van der Waals surface area contributed by atoms with Crippen molar-refractivity contribution in [1.29, 1.82) is 0 Å². The summed E-state index contributed by atoms with van der Waals surface area (Å²) in [5.74, 6) is -2.24. The predicted molar refractivity (Wildman–Crippen MR) is 235 cm³/mol. The number of likely N-dealkylation sites (tertiary alicyclic amines) is 1. The molecule has 14 nitrogen and oxygen atoms in total. The van der Waals surface area contributed by atoms with Gasteiger partial charge in [-0.2, -0.15) is 0 Å². The molecule has 0 saturated carbocycles. The molecule has 1 aromatic carbocycles. The predicted octanol–water partition coefficient (Wildman–Crippen LogP) is 3.67. The van der Waals surface area contributed by atoms with Crippen molar-refractivity contribution >= 4 is 37.9 Å². The zero-order valence-electron chi connectivity index (χ0n) is 38.5. The van der Waals surface area contributed by atoms with Gasteiger partial charge < -0.3 is 40.0 Å². The first-order chi connectivity index (χ1) is 27.6. The smallest absolute Gasteiger partial charge is 0.245 e. The largest absolute Gasteiger partial charge is 0.432 e. The fourth-order valence-electron chi connectivity index (χ4n) is 8.39. The number of benzene rings is 1. The van der Waals surface area contributed by atoms with Gasteiger partial charge in [0, 0.05) is 40.8 Å². The Morgan fingerprint density at radius 3 is 2.03 bits per heavy atom. The van der Waals surface area contributed by atoms with E-state index in [9.17, 15) is 28.8 Å². The highest BCUT2D eigenvalue weighted by molar-refractivity contribution is 6.69. The molecule has 1 heterocycles. The van der Waals surface area contributed by atoms with Gasteiger partial charge in [-0.05, 0) is 69.4 Å². The maximum atomic E-state index is 14.3. The van der Waals surface area contributed by atoms with E-state index in [1.165, 1.54) is 7.11 Å². The van der Waals surface area contributed by atoms with Crippen molar-refractivity contribution < 1.29 is 38.2 Å². The van der Waals surface area contributed by atoms with Crippen LogP contribution in [0.1, 0.15) is 79.7 Å². The second-order valence-corrected chi connectivity index (χ2v) is 22.2. The summed E-state index contributed by atoms with van der Waals surface area (Å²) < 4.78 is 12.0. The Bertz CT molecular complexity index is 1480. The average molecular weight is 847 g/mol. The topological polar surface area (TPSA) is 170 Å². The second-order valence-electron chi connectivity index (χ2n) is 18.1. The third kappa shape index (κ3) is 15.2. The molecule has 336 valence electrons. The minimum absolute atomic E-state index is 0.00177. The Balaban J connectivity index is 2.30. The van der Waals surface area contributed by atoms with Crippen molar-refractivity contribution in [2.45, 2.75) is 142 Å². The summed E-state index contributed by atoms with van der Waals surface area (Å²) in [7, 11) is 6.13. The summed E-state index contributed by atoms with van der Waals surface area (Å²) in [6, 6.07) is 7.02. The van der Waals surface area contributed by atoms with Gasteiger partial charge in [-0.25, -0.2) is 0 Å². The molecule has 5 amide bonds. The number of nitrogens with zero attached hydrogens (tertiary/aromatic N) is 3. The molecule has 4 N–H and O–H groups in total. The van der Waals surface area contributed by atoms with E-state index in [4.69, 9.17) is 9.47 Å². The van der Waals surface area contributed by atoms with Crippen LogP contribution in [0.3, 0.4) is 0 Å². The number of carbonyl (C=O) groups excluding carboxylic acids is 5. The van der Waals surface area contributed by atoms with Crippen LogP contribution in [-0.4, -0.2) is 148 Å². The minimum Gasteiger partial charge on any atom is -0.432 e. The summed E-state index contributed by atoms with van der Waals surface area (Å²) in [4.78, 5) is 85.1. The number of likely N-dealkylation sites (N-methyl/N-ethyl adjacent to an activating group) is 2. The molecule has 8 unspecified atom stereocenters. The van der Waals surface area contributed by atoms with Crippen LogP contribution in [0, 0.1) is 23.7 Å². The molecule has 0 aliphatic carbocycles. The fourth-order valence-corrected chi connectivity index (χ4v) is 9.13. The van der Waals surface area contributed by atoms with Gasteiger partial charge in [0.25, 0.3) is 0 Å². The first-order valence-electron chi connectivity index (χ1n) is 21.5. The third-order valence-corrected chi connectivity index (χ3v) is 13.4. The van der Waals surface area contributed by atoms with Gasteiger partial charge in [0.05, 0.1) is 42.7 Å². The Morgan fingerprint density at radius 2 is 1.53 bits per heavy atom. The number of amides is 5. The summed E-state index contributed by atoms with van der Waals surface area (Å²) in [5, 5.41) is 8.90. The van der Waals surface area contributed by atoms with Gasteiger partial charge >= 0.3 is 0 Å². The molecule has 15 heteroatoms. The molecule has 0 spiro atoms. The Hall–Kier alpha value is -3.37. The second kappa shape index (κ2) is 24.2. The molecule has 1 aliphatic heterocycles. The van der Waals surface area contributed by atoms with E-state index in [0.29, 0.717) is 25.6 Å². The van der Waals surface area contributed by atoms with Gasteiger partial charge in [-0.3, -0.25) is 28.9 Å². The van der Waals surface area contributed by atoms with E-state index in [1.54, 1.807) is 30.9 Å². The molecule has 0 radical (unpaired) electrons. The molecule has 9 atom stereocenters. The average Bonchev–Trinajstić information content (AvgIpc) is 3.65. The first kappa shape index (κ1) is 51.8. The summed E-state index contributed by atoms with van der Waals surface area (Å²) in [5.41, 5.74) is 0.887. The lowest BCUT2D eigenvalue weighted by molar-refractivity contribution is -0.148. The quantitative estimate of drug-likeness (QED) is 0.114. The lowest BCUT2D eigenvalue weighted by Crippen LogP contribution is -2.59. The molecule has 1 aromatic rings. The van der Waals surface area contributed by atoms with E-state index in [0.717, 1.165) is 18.4 Å². The van der Waals surface area contributed by atoms with Crippen LogP contribution in [0.25, 0.3) is 0 Å². The molecule has 0 aromatic heterocycles. The Kier molecular flexibility index (Phi) is 21.2. The lowest BCUT2D eigenvalue weighted by Gasteiger charge is -2.41. The number of methoxy groups -OCH3 is 2. The van der Waals surface area contributed by atoms with Crippen molar-refractivity contribution in [3.63, 3.8) is 0 Å². The van der Waals surface area contributed by atoms with Gasteiger partial charge in [0.1, 0.15) is 12.1 Å². The maximum absolute atomic E-state index is 14.3. The zero-order valence-corrected chi connectivity index (χ0v) is 39.5. The molecule has 0 bridgehead atoms. The van der Waals surface area contributed by atoms with E-state index < -0.39 is 56.7 Å². The standard InChI is InChI=1S/C44H78N6O8Si/c1-15-30(6)39(49(10)44(55)37(28(2)3)47-43(54)38(29(4)5)48(8)9)35(57-11)27-36(51)50-24-19-22-34(50)40(58-12)31(7)41(52)46-33(26-32-20-17-16-18-21-32)42(53)45-23-25-59(13,14)56/h16-18,20-21,28-31,33-35,37-40,56H,15,19,22-27H2,1-14H3,(H,45,53)(H,46,52)(H,47,54)/t30?,31?,33?,34-,35?,37?,38?,39?,40?/m0/s1. The molecule has 1 aliphatic rings. The summed E-state index contributed by atoms with van der Waals surface area (Å²) in [6.45, 7) is 18.0. The van der Waals surface area contributed by atoms with Crippen LogP contribution in [-0.2, 0) is 39.9 Å². The van der Waals surface area contributed by atoms with Gasteiger partial charge in [-0.1, -0.05) is 85.2 Å². The van der Waals surface area contributed by atoms with Crippen LogP contribution in [0.2, 0.25) is 19.1 Å². The van der Waals surface area contributed by atoms with Gasteiger partial charge in [0.15, 0.2) is 8.32 Å². The normalized spacial score (nSPS) is 18.7. The third-order valence-electron chi connectivity index (χ3n) is 11.9. The highest BCUT2D eigenvalue weighted by Gasteiger charge is 2.43. The number of rotatable bonds is 24. The van der Waals surface area contributed by atoms with Crippen molar-refractivity contribution in [3.05, 3.63) is 35.9 Å². The molecular formula is C44H78N6O8Si. The number of hydrogen-bond donors (Lipinski definition) is 4. The van der Waals surface area contributed by atoms with Crippen LogP contribution in [0.5, 0.6) is 0 Å². The number of carbonyl (C=O) groups is 5. The molecular weight excluding hydrogens is 769 g/mol. The molecule has 1 saturated heterocycles. The lowest BCUT2D eigenvalue weighted by atomic mass is 9.89. The SMILES string of the molecule is CCC(C)C(C(CC(=O)N1CCC[C@H]1C(OC)C(C)C(=O)NC(Cc1ccccc1)C(=O)NCC[Si](C)(C)O)OC)N(C)C(=O)C(NC(=O)C(C(C)C)N(C)C)C(C)C. The van der Waals surface area contributed by atoms with E-state index in [1.807, 2.05) is 104 Å². The monoisotopic (exact) mass is 847 g/mol. The fraction of sp³-hybridized carbons (Fsp3) is 0.750. The first-order valence-corrected chi connectivity index (χ1v) is 24.7. The number of nitrogens with one attached hydrogen (secondary N) is 3. The van der Waals surface area contributed by atoms with Crippen LogP contribution < -0.4 is 16.0 Å². The van der Waals surface area contributed by atoms with E-state index in [-0.39, 0.29) is 60.1 Å². The molecule has 59 heavy (non-hydrogen) atoms. The Labute approximate surface area is 356 Å². The van der Waals surface area contributed by atoms with Crippen molar-refractivity contribution in [2.75, 3.05) is 48.5 Å². The van der Waals surface area contributed by atoms with Crippen LogP contribution >= 0.6 is 0 Å². The van der Waals surface area contributed by atoms with Gasteiger partial charge in [-0.15, -0.1) is 0 Å². The number of ether oxygens (including phenoxy) is 2. The van der Waals surface area contributed by atoms with E-state index >= 15 is 0 Å².